The first-order valence-corrected chi connectivity index (χ1v) is 12.2. The molecule has 2 aliphatic heterocycles. The van der Waals surface area contributed by atoms with Gasteiger partial charge in [0, 0.05) is 19.5 Å². The van der Waals surface area contributed by atoms with Gasteiger partial charge < -0.3 is 19.9 Å². The number of nitrogens with zero attached hydrogens (tertiary/aromatic N) is 3. The molecule has 1 fully saturated rings. The van der Waals surface area contributed by atoms with Crippen LogP contribution in [0.3, 0.4) is 0 Å². The van der Waals surface area contributed by atoms with Crippen LogP contribution in [0.2, 0.25) is 0 Å². The van der Waals surface area contributed by atoms with Gasteiger partial charge in [-0.1, -0.05) is 30.3 Å². The number of carbonyl (C=O) groups is 1. The van der Waals surface area contributed by atoms with Crippen molar-refractivity contribution in [2.24, 2.45) is 5.73 Å². The van der Waals surface area contributed by atoms with Gasteiger partial charge in [0.05, 0.1) is 35.7 Å². The molecule has 2 N–H and O–H groups in total. The summed E-state index contributed by atoms with van der Waals surface area (Å²) < 4.78 is 20.9. The molecule has 3 aromatic rings. The number of ether oxygens (including phenoxy) is 1. The Balaban J connectivity index is 1.74. The molecule has 2 aliphatic rings. The zero-order chi connectivity index (χ0) is 22.1. The first kappa shape index (κ1) is 21.2. The second kappa shape index (κ2) is 9.07. The summed E-state index contributed by atoms with van der Waals surface area (Å²) in [7, 11) is 0. The maximum Gasteiger partial charge on any atom is 0.275 e. The second-order valence-electron chi connectivity index (χ2n) is 7.98. The average molecular weight is 451 g/mol. The molecule has 2 atom stereocenters. The Bertz CT molecular complexity index is 1110. The van der Waals surface area contributed by atoms with Gasteiger partial charge in [-0.25, -0.2) is 4.68 Å². The van der Waals surface area contributed by atoms with Crippen molar-refractivity contribution in [3.8, 4) is 16.9 Å². The first-order valence-electron chi connectivity index (χ1n) is 11.0. The van der Waals surface area contributed by atoms with Crippen LogP contribution in [0.25, 0.3) is 16.9 Å². The third-order valence-corrected chi connectivity index (χ3v) is 7.81. The van der Waals surface area contributed by atoms with Crippen molar-refractivity contribution in [2.75, 3.05) is 32.8 Å². The van der Waals surface area contributed by atoms with E-state index >= 15 is 0 Å². The van der Waals surface area contributed by atoms with Gasteiger partial charge in [-0.2, -0.15) is 5.10 Å². The zero-order valence-corrected chi connectivity index (χ0v) is 18.6. The van der Waals surface area contributed by atoms with Crippen molar-refractivity contribution in [3.05, 3.63) is 65.9 Å². The van der Waals surface area contributed by atoms with E-state index in [0.717, 1.165) is 33.8 Å². The van der Waals surface area contributed by atoms with Gasteiger partial charge in [-0.05, 0) is 48.4 Å². The predicted molar refractivity (Wildman–Crippen MR) is 123 cm³/mol. The standard InChI is InChI=1S/C24H26N4O3S/c25-12-6-11-20-21-22(24(29)27-13-15-31-16-14-27)26-28(17-7-2-1-3-8-17)23(21)18-9-4-5-10-19(18)32(20)30/h1-5,7-10,20H,6,11-16,25H2. The van der Waals surface area contributed by atoms with Gasteiger partial charge in [0.2, 0.25) is 0 Å². The highest BCUT2D eigenvalue weighted by atomic mass is 32.2. The monoisotopic (exact) mass is 450 g/mol. The number of carbonyl (C=O) groups excluding carboxylic acids is 1. The molecule has 1 aromatic heterocycles. The Hall–Kier alpha value is -2.65. The van der Waals surface area contributed by atoms with Crippen molar-refractivity contribution in [2.45, 2.75) is 23.0 Å². The molecule has 8 heteroatoms. The lowest BCUT2D eigenvalue weighted by Gasteiger charge is -2.30. The number of amides is 1. The van der Waals surface area contributed by atoms with Crippen molar-refractivity contribution >= 4 is 17.1 Å². The van der Waals surface area contributed by atoms with E-state index in [1.54, 1.807) is 4.90 Å². The van der Waals surface area contributed by atoms with Gasteiger partial charge in [0.25, 0.3) is 5.91 Å². The number of hydrogen-bond acceptors (Lipinski definition) is 5. The van der Waals surface area contributed by atoms with E-state index in [-0.39, 0.29) is 11.2 Å². The van der Waals surface area contributed by atoms with Crippen LogP contribution in [0.1, 0.15) is 34.1 Å². The van der Waals surface area contributed by atoms with Crippen molar-refractivity contribution in [3.63, 3.8) is 0 Å². The molecule has 0 spiro atoms. The molecule has 0 saturated carbocycles. The quantitative estimate of drug-likeness (QED) is 0.603. The number of fused-ring (bicyclic) bond motifs is 3. The normalized spacial score (nSPS) is 20.0. The van der Waals surface area contributed by atoms with Gasteiger partial charge >= 0.3 is 0 Å². The Morgan fingerprint density at radius 2 is 1.84 bits per heavy atom. The molecule has 1 amide bonds. The summed E-state index contributed by atoms with van der Waals surface area (Å²) in [5.74, 6) is -0.131. The maximum absolute atomic E-state index is 13.7. The molecule has 2 aromatic carbocycles. The van der Waals surface area contributed by atoms with Crippen molar-refractivity contribution < 1.29 is 14.1 Å². The summed E-state index contributed by atoms with van der Waals surface area (Å²) in [4.78, 5) is 16.2. The van der Waals surface area contributed by atoms with Crippen LogP contribution in [0.4, 0.5) is 0 Å². The number of rotatable bonds is 5. The molecule has 3 heterocycles. The van der Waals surface area contributed by atoms with E-state index in [1.165, 1.54) is 0 Å². The third-order valence-electron chi connectivity index (χ3n) is 6.03. The molecule has 1 saturated heterocycles. The second-order valence-corrected chi connectivity index (χ2v) is 9.58. The lowest BCUT2D eigenvalue weighted by atomic mass is 9.98. The number of aromatic nitrogens is 2. The van der Waals surface area contributed by atoms with Gasteiger partial charge in [0.15, 0.2) is 15.8 Å². The van der Waals surface area contributed by atoms with Gasteiger partial charge in [-0.3, -0.25) is 4.79 Å². The fraction of sp³-hybridized carbons (Fsp3) is 0.333. The molecule has 0 aliphatic carbocycles. The summed E-state index contributed by atoms with van der Waals surface area (Å²) in [6.45, 7) is 2.58. The number of para-hydroxylation sites is 1. The van der Waals surface area contributed by atoms with E-state index in [2.05, 4.69) is 0 Å². The minimum absolute atomic E-state index is 0.131. The topological polar surface area (TPSA) is 96.4 Å². The number of benzene rings is 2. The average Bonchev–Trinajstić information content (AvgIpc) is 3.25. The van der Waals surface area contributed by atoms with Crippen molar-refractivity contribution in [1.29, 1.82) is 0 Å². The highest BCUT2D eigenvalue weighted by Gasteiger charge is 2.43. The summed E-state index contributed by atoms with van der Waals surface area (Å²) >= 11 is -1.29. The zero-order valence-electron chi connectivity index (χ0n) is 17.8. The fourth-order valence-electron chi connectivity index (χ4n) is 4.48. The molecular weight excluding hydrogens is 424 g/mol. The summed E-state index contributed by atoms with van der Waals surface area (Å²) in [6.07, 6.45) is 1.36. The van der Waals surface area contributed by atoms with E-state index in [0.29, 0.717) is 45.0 Å². The molecule has 166 valence electrons. The van der Waals surface area contributed by atoms with Crippen LogP contribution in [0, 0.1) is 0 Å². The molecular formula is C24H26N4O3S. The predicted octanol–water partition coefficient (Wildman–Crippen LogP) is 2.91. The molecule has 7 nitrogen and oxygen atoms in total. The van der Waals surface area contributed by atoms with E-state index < -0.39 is 11.2 Å². The third kappa shape index (κ3) is 3.63. The SMILES string of the molecule is NCCCC1c2c(C(=O)N3CCOCC3)nn(-c3ccccc3)c2-c2ccccc2[S+]1[O-]. The van der Waals surface area contributed by atoms with Gasteiger partial charge in [0.1, 0.15) is 0 Å². The largest absolute Gasteiger partial charge is 0.611 e. The minimum atomic E-state index is -1.29. The molecule has 32 heavy (non-hydrogen) atoms. The number of morpholine rings is 1. The smallest absolute Gasteiger partial charge is 0.275 e. The minimum Gasteiger partial charge on any atom is -0.611 e. The van der Waals surface area contributed by atoms with E-state index in [1.807, 2.05) is 59.3 Å². The highest BCUT2D eigenvalue weighted by molar-refractivity contribution is 7.92. The highest BCUT2D eigenvalue weighted by Crippen LogP contribution is 2.48. The summed E-state index contributed by atoms with van der Waals surface area (Å²) in [5, 5.41) is 4.52. The first-order chi connectivity index (χ1) is 15.7. The van der Waals surface area contributed by atoms with Crippen molar-refractivity contribution in [1.82, 2.24) is 14.7 Å². The molecule has 0 bridgehead atoms. The molecule has 0 radical (unpaired) electrons. The van der Waals surface area contributed by atoms with E-state index in [9.17, 15) is 9.35 Å². The molecule has 2 unspecified atom stereocenters. The number of hydrogen-bond donors (Lipinski definition) is 1. The Morgan fingerprint density at radius 1 is 1.12 bits per heavy atom. The Labute approximate surface area is 190 Å². The lowest BCUT2D eigenvalue weighted by Crippen LogP contribution is -2.41. The maximum atomic E-state index is 13.7. The summed E-state index contributed by atoms with van der Waals surface area (Å²) in [5.41, 5.74) is 9.55. The van der Waals surface area contributed by atoms with Gasteiger partial charge in [-0.15, -0.1) is 0 Å². The van der Waals surface area contributed by atoms with Crippen LogP contribution in [0.5, 0.6) is 0 Å². The number of nitrogens with two attached hydrogens (primary N) is 1. The van der Waals surface area contributed by atoms with E-state index in [4.69, 9.17) is 15.6 Å². The van der Waals surface area contributed by atoms with Crippen LogP contribution in [-0.2, 0) is 15.9 Å². The fourth-order valence-corrected chi connectivity index (χ4v) is 6.20. The van der Waals surface area contributed by atoms with Crippen LogP contribution in [-0.4, -0.2) is 58.0 Å². The van der Waals surface area contributed by atoms with Crippen LogP contribution < -0.4 is 5.73 Å². The Morgan fingerprint density at radius 3 is 2.59 bits per heavy atom. The lowest BCUT2D eigenvalue weighted by molar-refractivity contribution is 0.0298. The summed E-state index contributed by atoms with van der Waals surface area (Å²) in [6, 6.07) is 17.5. The Kier molecular flexibility index (Phi) is 6.01. The van der Waals surface area contributed by atoms with Crippen LogP contribution >= 0.6 is 0 Å². The molecule has 5 rings (SSSR count). The van der Waals surface area contributed by atoms with Crippen LogP contribution in [0.15, 0.2) is 59.5 Å².